The van der Waals surface area contributed by atoms with E-state index in [0.29, 0.717) is 25.7 Å². The van der Waals surface area contributed by atoms with Crippen LogP contribution in [0.3, 0.4) is 0 Å². The zero-order valence-electron chi connectivity index (χ0n) is 68.9. The van der Waals surface area contributed by atoms with Crippen molar-refractivity contribution in [3.8, 4) is 0 Å². The third-order valence-electron chi connectivity index (χ3n) is 20.3. The van der Waals surface area contributed by atoms with Gasteiger partial charge in [0.25, 0.3) is 0 Å². The van der Waals surface area contributed by atoms with E-state index in [0.717, 1.165) is 95.8 Å². The van der Waals surface area contributed by atoms with Gasteiger partial charge in [-0.05, 0) is 31.6 Å². The van der Waals surface area contributed by atoms with Gasteiger partial charge in [0.15, 0.2) is 12.2 Å². The SMILES string of the molecule is CCCCCCCCCCCCCCCCCCCCCCC(=O)OC[C@H](COP(=O)(O)OC[C@@H](O)COP(=O)(O)OC[C@@H](COC(=O)CCCCCCCCCCC(C)C)OC(=O)CCCCCCCCCCCCCCCC)OC(=O)CCCCCCCCCCCCCCCCCCCCCC. The molecule has 0 bridgehead atoms. The number of aliphatic hydroxyl groups excluding tert-OH is 1. The first kappa shape index (κ1) is 103. The number of rotatable bonds is 86. The van der Waals surface area contributed by atoms with Crippen molar-refractivity contribution in [1.29, 1.82) is 0 Å². The highest BCUT2D eigenvalue weighted by atomic mass is 31.2. The molecule has 0 spiro atoms. The van der Waals surface area contributed by atoms with E-state index in [2.05, 4.69) is 34.6 Å². The van der Waals surface area contributed by atoms with Crippen LogP contribution in [0.5, 0.6) is 0 Å². The van der Waals surface area contributed by atoms with Crippen LogP contribution in [-0.4, -0.2) is 96.7 Å². The topological polar surface area (TPSA) is 237 Å². The molecule has 0 aromatic carbocycles. The van der Waals surface area contributed by atoms with E-state index in [1.807, 2.05) is 0 Å². The van der Waals surface area contributed by atoms with Crippen LogP contribution in [0.4, 0.5) is 0 Å². The summed E-state index contributed by atoms with van der Waals surface area (Å²) >= 11 is 0. The first-order valence-corrected chi connectivity index (χ1v) is 47.6. The maximum absolute atomic E-state index is 13.1. The van der Waals surface area contributed by atoms with Gasteiger partial charge in [0, 0.05) is 25.7 Å². The Labute approximate surface area is 645 Å². The number of ether oxygens (including phenoxy) is 4. The van der Waals surface area contributed by atoms with Crippen molar-refractivity contribution in [2.75, 3.05) is 39.6 Å². The minimum atomic E-state index is -4.97. The largest absolute Gasteiger partial charge is 0.472 e. The molecule has 0 heterocycles. The predicted octanol–water partition coefficient (Wildman–Crippen LogP) is 26.4. The zero-order valence-corrected chi connectivity index (χ0v) is 70.7. The lowest BCUT2D eigenvalue weighted by molar-refractivity contribution is -0.161. The predicted molar refractivity (Wildman–Crippen MR) is 432 cm³/mol. The summed E-state index contributed by atoms with van der Waals surface area (Å²) in [5.74, 6) is -1.37. The molecule has 0 aliphatic rings. The fourth-order valence-corrected chi connectivity index (χ4v) is 15.1. The van der Waals surface area contributed by atoms with E-state index in [-0.39, 0.29) is 25.7 Å². The van der Waals surface area contributed by atoms with Gasteiger partial charge in [-0.3, -0.25) is 37.3 Å². The monoisotopic (exact) mass is 1540 g/mol. The summed E-state index contributed by atoms with van der Waals surface area (Å²) in [7, 11) is -9.93. The van der Waals surface area contributed by atoms with E-state index in [1.54, 1.807) is 0 Å². The Hall–Kier alpha value is -1.94. The number of phosphoric acid groups is 2. The normalized spacial score (nSPS) is 13.8. The molecule has 0 aromatic rings. The second-order valence-corrected chi connectivity index (χ2v) is 34.3. The molecule has 2 unspecified atom stereocenters. The third kappa shape index (κ3) is 79.9. The third-order valence-corrected chi connectivity index (χ3v) is 22.2. The van der Waals surface area contributed by atoms with Gasteiger partial charge in [0.2, 0.25) is 0 Å². The first-order chi connectivity index (χ1) is 51.0. The lowest BCUT2D eigenvalue weighted by Gasteiger charge is -2.21. The van der Waals surface area contributed by atoms with Crippen LogP contribution in [0.15, 0.2) is 0 Å². The Balaban J connectivity index is 5.23. The number of aliphatic hydroxyl groups is 1. The van der Waals surface area contributed by atoms with Gasteiger partial charge < -0.3 is 33.8 Å². The minimum Gasteiger partial charge on any atom is -0.462 e. The molecule has 0 rings (SSSR count). The fourth-order valence-electron chi connectivity index (χ4n) is 13.5. The molecule has 0 amide bonds. The van der Waals surface area contributed by atoms with Gasteiger partial charge in [-0.25, -0.2) is 9.13 Å². The Bertz CT molecular complexity index is 2000. The average molecular weight is 1540 g/mol. The number of phosphoric ester groups is 2. The molecule has 0 saturated heterocycles. The molecule has 0 fully saturated rings. The number of unbranched alkanes of at least 4 members (excludes halogenated alkanes) is 58. The molecule has 0 saturated carbocycles. The van der Waals surface area contributed by atoms with E-state index >= 15 is 0 Å². The Morgan fingerprint density at radius 2 is 0.438 bits per heavy atom. The summed E-state index contributed by atoms with van der Waals surface area (Å²) in [6.45, 7) is 7.33. The van der Waals surface area contributed by atoms with E-state index in [9.17, 15) is 43.2 Å². The van der Waals surface area contributed by atoms with Crippen molar-refractivity contribution in [2.45, 2.75) is 483 Å². The highest BCUT2D eigenvalue weighted by Gasteiger charge is 2.30. The highest BCUT2D eigenvalue weighted by Crippen LogP contribution is 2.45. The number of carbonyl (C=O) groups is 4. The van der Waals surface area contributed by atoms with Crippen molar-refractivity contribution in [3.63, 3.8) is 0 Å². The van der Waals surface area contributed by atoms with Gasteiger partial charge in [-0.15, -0.1) is 0 Å². The van der Waals surface area contributed by atoms with Crippen molar-refractivity contribution in [3.05, 3.63) is 0 Å². The molecule has 3 N–H and O–H groups in total. The number of carbonyl (C=O) groups excluding carboxylic acids is 4. The highest BCUT2D eigenvalue weighted by molar-refractivity contribution is 7.47. The molecule has 19 heteroatoms. The molecule has 0 aliphatic carbocycles. The molecule has 0 aromatic heterocycles. The van der Waals surface area contributed by atoms with Crippen molar-refractivity contribution < 1.29 is 80.2 Å². The van der Waals surface area contributed by atoms with Crippen LogP contribution in [0.25, 0.3) is 0 Å². The Morgan fingerprint density at radius 3 is 0.648 bits per heavy atom. The Morgan fingerprint density at radius 1 is 0.257 bits per heavy atom. The van der Waals surface area contributed by atoms with Crippen molar-refractivity contribution in [2.24, 2.45) is 5.92 Å². The zero-order chi connectivity index (χ0) is 76.9. The van der Waals surface area contributed by atoms with Gasteiger partial charge in [-0.2, -0.15) is 0 Å². The summed E-state index contributed by atoms with van der Waals surface area (Å²) in [6.07, 6.45) is 72.3. The lowest BCUT2D eigenvalue weighted by Crippen LogP contribution is -2.30. The number of hydrogen-bond donors (Lipinski definition) is 3. The van der Waals surface area contributed by atoms with Crippen LogP contribution in [-0.2, 0) is 65.4 Å². The Kier molecular flexibility index (Phi) is 77.3. The standard InChI is InChI=1S/C86H168O17P2/c1-6-9-12-15-18-21-24-27-30-32-34-36-38-40-43-45-48-54-59-64-69-83(88)96-75-81(102-86(91)72-67-62-57-50-47-44-41-39-37-35-33-31-28-25-22-19-16-13-10-7-2)77-100-104(92,93)98-73-80(87)74-99-105(94,95)101-78-82(76-97-84(89)70-65-60-55-52-51-53-58-63-68-79(4)5)103-85(90)71-66-61-56-49-46-42-29-26-23-20-17-14-11-8-3/h79-82,87H,6-78H2,1-5H3,(H,92,93)(H,94,95)/t80-,81-,82-/m1/s1. The van der Waals surface area contributed by atoms with Gasteiger partial charge in [0.1, 0.15) is 19.3 Å². The molecule has 17 nitrogen and oxygen atoms in total. The minimum absolute atomic E-state index is 0.108. The van der Waals surface area contributed by atoms with Crippen LogP contribution >= 0.6 is 15.6 Å². The quantitative estimate of drug-likeness (QED) is 0.0222. The summed E-state index contributed by atoms with van der Waals surface area (Å²) in [5.41, 5.74) is 0. The molecule has 0 aliphatic heterocycles. The van der Waals surface area contributed by atoms with Crippen LogP contribution in [0.1, 0.15) is 465 Å². The second-order valence-electron chi connectivity index (χ2n) is 31.4. The summed E-state index contributed by atoms with van der Waals surface area (Å²) in [6, 6.07) is 0. The smallest absolute Gasteiger partial charge is 0.462 e. The van der Waals surface area contributed by atoms with Crippen molar-refractivity contribution >= 4 is 39.5 Å². The lowest BCUT2D eigenvalue weighted by atomic mass is 10.0. The average Bonchev–Trinajstić information content (AvgIpc) is 0.915. The van der Waals surface area contributed by atoms with Crippen molar-refractivity contribution in [1.82, 2.24) is 0 Å². The number of hydrogen-bond acceptors (Lipinski definition) is 15. The molecular weight excluding hydrogens is 1370 g/mol. The van der Waals surface area contributed by atoms with E-state index in [1.165, 1.54) is 289 Å². The maximum atomic E-state index is 13.1. The van der Waals surface area contributed by atoms with Crippen LogP contribution in [0.2, 0.25) is 0 Å². The summed E-state index contributed by atoms with van der Waals surface area (Å²) in [5, 5.41) is 10.7. The van der Waals surface area contributed by atoms with E-state index in [4.69, 9.17) is 37.0 Å². The van der Waals surface area contributed by atoms with Crippen LogP contribution < -0.4 is 0 Å². The van der Waals surface area contributed by atoms with E-state index < -0.39 is 97.5 Å². The molecule has 0 radical (unpaired) electrons. The molecule has 5 atom stereocenters. The van der Waals surface area contributed by atoms with Gasteiger partial charge in [-0.1, -0.05) is 413 Å². The van der Waals surface area contributed by atoms with Gasteiger partial charge >= 0.3 is 39.5 Å². The van der Waals surface area contributed by atoms with Crippen LogP contribution in [0, 0.1) is 5.92 Å². The molecular formula is C86H168O17P2. The fraction of sp³-hybridized carbons (Fsp3) is 0.953. The maximum Gasteiger partial charge on any atom is 0.472 e. The number of esters is 4. The molecule has 624 valence electrons. The second kappa shape index (κ2) is 78.7. The van der Waals surface area contributed by atoms with Gasteiger partial charge in [0.05, 0.1) is 26.4 Å². The molecule has 105 heavy (non-hydrogen) atoms. The summed E-state index contributed by atoms with van der Waals surface area (Å²) in [4.78, 5) is 73.2. The summed E-state index contributed by atoms with van der Waals surface area (Å²) < 4.78 is 68.9. The first-order valence-electron chi connectivity index (χ1n) is 44.6.